The Bertz CT molecular complexity index is 658. The molecule has 0 aromatic heterocycles. The summed E-state index contributed by atoms with van der Waals surface area (Å²) >= 11 is 0. The van der Waals surface area contributed by atoms with E-state index in [9.17, 15) is 14.4 Å². The first-order chi connectivity index (χ1) is 16.8. The maximum Gasteiger partial charge on any atom is 0.323 e. The van der Waals surface area contributed by atoms with Gasteiger partial charge in [-0.1, -0.05) is 13.8 Å². The number of carbonyl (C=O) groups excluding carboxylic acids is 3. The summed E-state index contributed by atoms with van der Waals surface area (Å²) in [5, 5.41) is 6.12. The zero-order valence-electron chi connectivity index (χ0n) is 21.8. The number of hydrogen-bond acceptors (Lipinski definition) is 9. The van der Waals surface area contributed by atoms with Crippen LogP contribution < -0.4 is 10.6 Å². The average molecular weight is 501 g/mol. The monoisotopic (exact) mass is 500 g/mol. The lowest BCUT2D eigenvalue weighted by Gasteiger charge is -2.28. The van der Waals surface area contributed by atoms with Crippen LogP contribution in [0.1, 0.15) is 33.1 Å². The quantitative estimate of drug-likeness (QED) is 0.216. The van der Waals surface area contributed by atoms with Crippen LogP contribution in [-0.4, -0.2) is 126 Å². The van der Waals surface area contributed by atoms with Gasteiger partial charge in [-0.05, 0) is 32.4 Å². The van der Waals surface area contributed by atoms with Gasteiger partial charge in [0.15, 0.2) is 0 Å². The Balaban J connectivity index is 1.82. The number of likely N-dealkylation sites (tertiary alicyclic amines) is 1. The highest BCUT2D eigenvalue weighted by Gasteiger charge is 2.43. The van der Waals surface area contributed by atoms with Gasteiger partial charge in [-0.3, -0.25) is 14.4 Å². The summed E-state index contributed by atoms with van der Waals surface area (Å²) in [5.41, 5.74) is 0. The molecular formula is C24H44N4O7. The van der Waals surface area contributed by atoms with Crippen molar-refractivity contribution >= 4 is 17.8 Å². The van der Waals surface area contributed by atoms with Crippen molar-refractivity contribution in [3.8, 4) is 0 Å². The molecule has 2 aliphatic rings. The second kappa shape index (κ2) is 16.1. The largest absolute Gasteiger partial charge is 0.459 e. The van der Waals surface area contributed by atoms with Crippen LogP contribution in [0.2, 0.25) is 0 Å². The molecule has 0 aromatic carbocycles. The molecule has 2 aliphatic heterocycles. The second-order valence-corrected chi connectivity index (χ2v) is 9.50. The van der Waals surface area contributed by atoms with E-state index in [0.29, 0.717) is 45.3 Å². The Hall–Kier alpha value is -1.79. The zero-order valence-corrected chi connectivity index (χ0v) is 21.8. The molecule has 2 fully saturated rings. The average Bonchev–Trinajstić information content (AvgIpc) is 3.50. The minimum Gasteiger partial charge on any atom is -0.459 e. The van der Waals surface area contributed by atoms with Crippen LogP contribution in [0.25, 0.3) is 0 Å². The lowest BCUT2D eigenvalue weighted by molar-refractivity contribution is -0.151. The number of esters is 1. The van der Waals surface area contributed by atoms with Gasteiger partial charge in [-0.2, -0.15) is 0 Å². The summed E-state index contributed by atoms with van der Waals surface area (Å²) < 4.78 is 22.0. The number of ether oxygens (including phenoxy) is 4. The summed E-state index contributed by atoms with van der Waals surface area (Å²) in [5.74, 6) is -0.457. The van der Waals surface area contributed by atoms with Gasteiger partial charge in [-0.25, -0.2) is 0 Å². The van der Waals surface area contributed by atoms with Gasteiger partial charge >= 0.3 is 5.97 Å². The molecule has 202 valence electrons. The van der Waals surface area contributed by atoms with E-state index < -0.39 is 12.1 Å². The first kappa shape index (κ1) is 29.4. The number of likely N-dealkylation sites (N-methyl/N-ethyl adjacent to an activating group) is 2. The Morgan fingerprint density at radius 2 is 1.77 bits per heavy atom. The van der Waals surface area contributed by atoms with Crippen molar-refractivity contribution in [1.82, 2.24) is 20.4 Å². The summed E-state index contributed by atoms with van der Waals surface area (Å²) in [6.07, 6.45) is 1.45. The van der Waals surface area contributed by atoms with Crippen molar-refractivity contribution in [2.75, 3.05) is 79.9 Å². The van der Waals surface area contributed by atoms with Crippen molar-refractivity contribution in [2.45, 2.75) is 51.3 Å². The van der Waals surface area contributed by atoms with Gasteiger partial charge in [0.2, 0.25) is 11.8 Å². The Kier molecular flexibility index (Phi) is 13.5. The van der Waals surface area contributed by atoms with Crippen LogP contribution in [0.4, 0.5) is 0 Å². The van der Waals surface area contributed by atoms with Gasteiger partial charge in [-0.15, -0.1) is 0 Å². The molecule has 0 aromatic rings. The van der Waals surface area contributed by atoms with E-state index in [1.165, 1.54) is 4.90 Å². The molecule has 2 N–H and O–H groups in total. The minimum atomic E-state index is -0.671. The molecule has 2 amide bonds. The predicted molar refractivity (Wildman–Crippen MR) is 130 cm³/mol. The van der Waals surface area contributed by atoms with E-state index in [0.717, 1.165) is 25.9 Å². The number of nitrogens with zero attached hydrogens (tertiary/aromatic N) is 2. The highest BCUT2D eigenvalue weighted by molar-refractivity contribution is 5.89. The summed E-state index contributed by atoms with van der Waals surface area (Å²) in [4.78, 5) is 41.7. The van der Waals surface area contributed by atoms with Crippen LogP contribution in [0.5, 0.6) is 0 Å². The Morgan fingerprint density at radius 3 is 2.40 bits per heavy atom. The SMILES string of the molecule is CNCCOCCOCCOCC(=O)N1CC(OC(=O)C2CCCN2)CC1C(=O)N(C)CC(C)C. The molecule has 2 saturated heterocycles. The Labute approximate surface area is 209 Å². The van der Waals surface area contributed by atoms with E-state index in [1.54, 1.807) is 11.9 Å². The third-order valence-corrected chi connectivity index (χ3v) is 5.98. The van der Waals surface area contributed by atoms with Crippen molar-refractivity contribution in [3.63, 3.8) is 0 Å². The fraction of sp³-hybridized carbons (Fsp3) is 0.875. The molecule has 2 heterocycles. The van der Waals surface area contributed by atoms with Crippen LogP contribution in [-0.2, 0) is 33.3 Å². The van der Waals surface area contributed by atoms with E-state index in [4.69, 9.17) is 18.9 Å². The van der Waals surface area contributed by atoms with Crippen molar-refractivity contribution in [3.05, 3.63) is 0 Å². The van der Waals surface area contributed by atoms with E-state index >= 15 is 0 Å². The summed E-state index contributed by atoms with van der Waals surface area (Å²) in [6, 6.07) is -0.982. The molecule has 35 heavy (non-hydrogen) atoms. The normalized spacial score (nSPS) is 22.1. The van der Waals surface area contributed by atoms with Crippen molar-refractivity contribution in [2.24, 2.45) is 5.92 Å². The lowest BCUT2D eigenvalue weighted by Crippen LogP contribution is -2.48. The molecular weight excluding hydrogens is 456 g/mol. The van der Waals surface area contributed by atoms with Gasteiger partial charge in [0.1, 0.15) is 24.8 Å². The second-order valence-electron chi connectivity index (χ2n) is 9.50. The van der Waals surface area contributed by atoms with Crippen LogP contribution in [0, 0.1) is 5.92 Å². The van der Waals surface area contributed by atoms with Crippen LogP contribution >= 0.6 is 0 Å². The topological polar surface area (TPSA) is 119 Å². The maximum absolute atomic E-state index is 13.1. The molecule has 3 atom stereocenters. The first-order valence-corrected chi connectivity index (χ1v) is 12.7. The number of nitrogens with one attached hydrogen (secondary N) is 2. The number of hydrogen-bond donors (Lipinski definition) is 2. The molecule has 11 heteroatoms. The first-order valence-electron chi connectivity index (χ1n) is 12.7. The maximum atomic E-state index is 13.1. The highest BCUT2D eigenvalue weighted by atomic mass is 16.6. The van der Waals surface area contributed by atoms with Gasteiger partial charge in [0, 0.05) is 26.6 Å². The molecule has 2 rings (SSSR count). The molecule has 0 aliphatic carbocycles. The van der Waals surface area contributed by atoms with Gasteiger partial charge in [0.25, 0.3) is 0 Å². The fourth-order valence-electron chi connectivity index (χ4n) is 4.27. The molecule has 0 saturated carbocycles. The third-order valence-electron chi connectivity index (χ3n) is 5.98. The molecule has 3 unspecified atom stereocenters. The molecule has 0 spiro atoms. The minimum absolute atomic E-state index is 0.147. The molecule has 0 radical (unpaired) electrons. The van der Waals surface area contributed by atoms with Crippen LogP contribution in [0.15, 0.2) is 0 Å². The number of amides is 2. The predicted octanol–water partition coefficient (Wildman–Crippen LogP) is -0.365. The number of carbonyl (C=O) groups is 3. The lowest BCUT2D eigenvalue weighted by atomic mass is 10.1. The molecule has 0 bridgehead atoms. The van der Waals surface area contributed by atoms with Crippen molar-refractivity contribution in [1.29, 1.82) is 0 Å². The summed E-state index contributed by atoms with van der Waals surface area (Å²) in [7, 11) is 3.60. The van der Waals surface area contributed by atoms with Gasteiger partial charge in [0.05, 0.1) is 39.6 Å². The zero-order chi connectivity index (χ0) is 25.6. The summed E-state index contributed by atoms with van der Waals surface area (Å²) in [6.45, 7) is 8.43. The Morgan fingerprint density at radius 1 is 1.09 bits per heavy atom. The van der Waals surface area contributed by atoms with Crippen LogP contribution in [0.3, 0.4) is 0 Å². The standard InChI is InChI=1S/C24H44N4O7/c1-18(2)15-27(4)23(30)21-14-19(35-24(31)20-6-5-7-26-20)16-28(21)22(29)17-34-13-12-33-11-10-32-9-8-25-3/h18-21,25-26H,5-17H2,1-4H3. The number of rotatable bonds is 16. The van der Waals surface area contributed by atoms with Crippen molar-refractivity contribution < 1.29 is 33.3 Å². The van der Waals surface area contributed by atoms with Gasteiger partial charge < -0.3 is 39.4 Å². The van der Waals surface area contributed by atoms with E-state index in [2.05, 4.69) is 10.6 Å². The third kappa shape index (κ3) is 10.4. The fourth-order valence-corrected chi connectivity index (χ4v) is 4.27. The highest BCUT2D eigenvalue weighted by Crippen LogP contribution is 2.24. The van der Waals surface area contributed by atoms with E-state index in [1.807, 2.05) is 20.9 Å². The smallest absolute Gasteiger partial charge is 0.323 e. The van der Waals surface area contributed by atoms with E-state index in [-0.39, 0.29) is 43.6 Å². The molecule has 11 nitrogen and oxygen atoms in total.